The van der Waals surface area contributed by atoms with E-state index >= 15 is 0 Å². The van der Waals surface area contributed by atoms with E-state index in [1.54, 1.807) is 0 Å². The Bertz CT molecular complexity index is 8.00. The van der Waals surface area contributed by atoms with E-state index in [-0.39, 0.29) is 28.8 Å². The predicted molar refractivity (Wildman–Crippen MR) is 22.9 cm³/mol. The van der Waals surface area contributed by atoms with Gasteiger partial charge >= 0.3 is 0 Å². The van der Waals surface area contributed by atoms with Gasteiger partial charge in [-0.25, -0.2) is 0 Å². The average Bonchev–Trinajstić information content (AvgIpc) is 1.00. The van der Waals surface area contributed by atoms with Crippen LogP contribution in [0.2, 0.25) is 0 Å². The second-order valence-corrected chi connectivity index (χ2v) is 0. The molecule has 0 aliphatic carbocycles. The van der Waals surface area contributed by atoms with Gasteiger partial charge < -0.3 is 0 Å². The molecule has 0 fully saturated rings. The summed E-state index contributed by atoms with van der Waals surface area (Å²) in [5.41, 5.74) is 4.50. The zero-order valence-corrected chi connectivity index (χ0v) is 4.03. The normalized spacial score (nSPS) is 1.00. The number of nitrogens with one attached hydrogen (secondary N) is 1. The molecule has 0 aliphatic rings. The Morgan fingerprint density at radius 1 is 1.25 bits per heavy atom. The van der Waals surface area contributed by atoms with Crippen molar-refractivity contribution in [2.75, 3.05) is 0 Å². The Labute approximate surface area is 39.9 Å². The Kier molecular flexibility index (Phi) is 366. The molecule has 0 spiro atoms. The second-order valence-electron chi connectivity index (χ2n) is 0. The topological polar surface area (TPSA) is 40.9 Å². The SMILES string of the molecule is N=O.P.[Li]. The number of nitroso groups, excluding NO2 is 1. The summed E-state index contributed by atoms with van der Waals surface area (Å²) in [4.78, 5) is 7.50. The monoisotopic (exact) mass is 72.0 g/mol. The van der Waals surface area contributed by atoms with Crippen molar-refractivity contribution < 1.29 is 0 Å². The molecule has 0 aliphatic heterocycles. The van der Waals surface area contributed by atoms with Crippen LogP contribution in [0.1, 0.15) is 0 Å². The number of hydrogen-bond acceptors (Lipinski definition) is 2. The van der Waals surface area contributed by atoms with Crippen LogP contribution in [0, 0.1) is 10.5 Å². The molecule has 0 bridgehead atoms. The quantitative estimate of drug-likeness (QED) is 0.244. The van der Waals surface area contributed by atoms with Gasteiger partial charge in [-0.1, -0.05) is 5.59 Å². The Balaban J connectivity index is -0.00000000500. The van der Waals surface area contributed by atoms with Crippen LogP contribution in [0.25, 0.3) is 0 Å². The molecule has 4 heteroatoms. The predicted octanol–water partition coefficient (Wildman–Crippen LogP) is 0.00887. The first-order valence-corrected chi connectivity index (χ1v) is 0.204. The zero-order valence-electron chi connectivity index (χ0n) is 2.62. The maximum absolute atomic E-state index is 7.50. The molecule has 0 rings (SSSR count). The third kappa shape index (κ3) is 17.7. The van der Waals surface area contributed by atoms with E-state index in [0.717, 1.165) is 0 Å². The Morgan fingerprint density at radius 3 is 1.25 bits per heavy atom. The van der Waals surface area contributed by atoms with Crippen molar-refractivity contribution in [3.05, 3.63) is 4.91 Å². The minimum atomic E-state index is 0. The van der Waals surface area contributed by atoms with Crippen molar-refractivity contribution >= 4 is 28.8 Å². The average molecular weight is 72.0 g/mol. The summed E-state index contributed by atoms with van der Waals surface area (Å²) in [5.74, 6) is 0. The van der Waals surface area contributed by atoms with Crippen LogP contribution in [0.5, 0.6) is 0 Å². The fourth-order valence-corrected chi connectivity index (χ4v) is 0. The molecule has 0 heterocycles. The number of rotatable bonds is 0. The van der Waals surface area contributed by atoms with Crippen molar-refractivity contribution in [1.29, 1.82) is 5.59 Å². The fourth-order valence-electron chi connectivity index (χ4n) is 0. The van der Waals surface area contributed by atoms with Crippen molar-refractivity contribution in [3.63, 3.8) is 0 Å². The van der Waals surface area contributed by atoms with E-state index < -0.39 is 0 Å². The molecule has 1 unspecified atom stereocenters. The summed E-state index contributed by atoms with van der Waals surface area (Å²) in [6.45, 7) is 0. The zero-order chi connectivity index (χ0) is 2.00. The van der Waals surface area contributed by atoms with Crippen molar-refractivity contribution in [2.24, 2.45) is 0 Å². The molecular formula is H4LiNOP. The van der Waals surface area contributed by atoms with E-state index in [9.17, 15) is 0 Å². The molecule has 0 aromatic carbocycles. The van der Waals surface area contributed by atoms with Crippen LogP contribution in [0.15, 0.2) is 0 Å². The molecule has 1 N–H and O–H groups in total. The van der Waals surface area contributed by atoms with Crippen LogP contribution in [0.3, 0.4) is 0 Å². The Hall–Kier alpha value is 0.627. The summed E-state index contributed by atoms with van der Waals surface area (Å²) in [6, 6.07) is 0. The van der Waals surface area contributed by atoms with Crippen molar-refractivity contribution in [1.82, 2.24) is 0 Å². The van der Waals surface area contributed by atoms with Crippen LogP contribution >= 0.6 is 9.90 Å². The van der Waals surface area contributed by atoms with Gasteiger partial charge in [0.05, 0.1) is 0 Å². The summed E-state index contributed by atoms with van der Waals surface area (Å²) in [6.07, 6.45) is 0. The van der Waals surface area contributed by atoms with E-state index in [4.69, 9.17) is 4.91 Å². The first-order chi connectivity index (χ1) is 1.00. The first kappa shape index (κ1) is 23.0. The second kappa shape index (κ2) is 63.6. The van der Waals surface area contributed by atoms with E-state index in [1.807, 2.05) is 0 Å². The van der Waals surface area contributed by atoms with E-state index in [0.29, 0.717) is 0 Å². The standard InChI is InChI=1S/Li.HNO.H3P/c;1-2;/h;1H;1H3. The maximum atomic E-state index is 7.50. The van der Waals surface area contributed by atoms with Gasteiger partial charge in [0.1, 0.15) is 0 Å². The molecule has 21 valence electrons. The molecule has 4 heavy (non-hydrogen) atoms. The summed E-state index contributed by atoms with van der Waals surface area (Å²) in [7, 11) is 0. The Morgan fingerprint density at radius 2 is 1.25 bits per heavy atom. The maximum Gasteiger partial charge on any atom is 0 e. The molecule has 2 nitrogen and oxygen atoms in total. The van der Waals surface area contributed by atoms with Crippen LogP contribution in [-0.4, -0.2) is 18.9 Å². The molecular weight excluding hydrogens is 67.9 g/mol. The van der Waals surface area contributed by atoms with Gasteiger partial charge in [0.15, 0.2) is 0 Å². The van der Waals surface area contributed by atoms with Gasteiger partial charge in [-0.15, -0.1) is 0 Å². The van der Waals surface area contributed by atoms with Gasteiger partial charge in [0.2, 0.25) is 0 Å². The van der Waals surface area contributed by atoms with Gasteiger partial charge in [0.25, 0.3) is 0 Å². The van der Waals surface area contributed by atoms with Gasteiger partial charge in [0, 0.05) is 18.9 Å². The molecule has 1 radical (unpaired) electrons. The molecule has 0 amide bonds. The van der Waals surface area contributed by atoms with Crippen LogP contribution < -0.4 is 0 Å². The minimum absolute atomic E-state index is 0. The van der Waals surface area contributed by atoms with E-state index in [1.165, 1.54) is 0 Å². The van der Waals surface area contributed by atoms with Gasteiger partial charge in [-0.2, -0.15) is 14.8 Å². The minimum Gasteiger partial charge on any atom is -0.154 e. The van der Waals surface area contributed by atoms with Gasteiger partial charge in [-0.3, -0.25) is 0 Å². The third-order valence-corrected chi connectivity index (χ3v) is 0. The molecule has 0 aromatic heterocycles. The fraction of sp³-hybridized carbons (Fsp3) is 0. The first-order valence-electron chi connectivity index (χ1n) is 0.204. The molecule has 0 saturated carbocycles. The van der Waals surface area contributed by atoms with Gasteiger partial charge in [-0.05, 0) is 0 Å². The van der Waals surface area contributed by atoms with Crippen LogP contribution in [-0.2, 0) is 0 Å². The molecule has 1 atom stereocenters. The smallest absolute Gasteiger partial charge is 0 e. The van der Waals surface area contributed by atoms with E-state index in [2.05, 4.69) is 5.59 Å². The van der Waals surface area contributed by atoms with Crippen LogP contribution in [0.4, 0.5) is 0 Å². The summed E-state index contributed by atoms with van der Waals surface area (Å²) >= 11 is 0. The third-order valence-electron chi connectivity index (χ3n) is 0. The van der Waals surface area contributed by atoms with Crippen molar-refractivity contribution in [3.8, 4) is 0 Å². The molecule has 0 saturated heterocycles. The van der Waals surface area contributed by atoms with Crippen molar-refractivity contribution in [2.45, 2.75) is 0 Å². The number of hydrogen-bond donors (Lipinski definition) is 1. The molecule has 0 aromatic rings. The largest absolute Gasteiger partial charge is 0.154 e. The summed E-state index contributed by atoms with van der Waals surface area (Å²) in [5, 5.41) is 0. The summed E-state index contributed by atoms with van der Waals surface area (Å²) < 4.78 is 0.